The molecule has 1 aliphatic rings. The smallest absolute Gasteiger partial charge is 0.269 e. The summed E-state index contributed by atoms with van der Waals surface area (Å²) in [4.78, 5) is 18.7. The molecule has 1 amide bonds. The zero-order chi connectivity index (χ0) is 19.3. The molecule has 2 aromatic rings. The highest BCUT2D eigenvalue weighted by Crippen LogP contribution is 2.17. The number of hydrogen-bond acceptors (Lipinski definition) is 5. The monoisotopic (exact) mass is 390 g/mol. The molecule has 1 unspecified atom stereocenters. The van der Waals surface area contributed by atoms with Gasteiger partial charge in [-0.05, 0) is 37.4 Å². The Hall–Kier alpha value is -2.19. The third-order valence-electron chi connectivity index (χ3n) is 4.98. The summed E-state index contributed by atoms with van der Waals surface area (Å²) in [6.45, 7) is 2.81. The van der Waals surface area contributed by atoms with Crippen molar-refractivity contribution in [3.05, 3.63) is 48.5 Å². The second-order valence-corrected chi connectivity index (χ2v) is 9.15. The number of amides is 1. The first-order chi connectivity index (χ1) is 13.0. The van der Waals surface area contributed by atoms with Crippen molar-refractivity contribution in [1.82, 2.24) is 19.8 Å². The number of imidazole rings is 1. The van der Waals surface area contributed by atoms with E-state index in [1.807, 2.05) is 6.07 Å². The first-order valence-electron chi connectivity index (χ1n) is 9.20. The summed E-state index contributed by atoms with van der Waals surface area (Å²) in [5, 5.41) is 2.97. The van der Waals surface area contributed by atoms with Gasteiger partial charge in [-0.3, -0.25) is 4.79 Å². The molecule has 0 aliphatic carbocycles. The molecule has 2 heterocycles. The van der Waals surface area contributed by atoms with Crippen LogP contribution in [0.25, 0.3) is 0 Å². The number of aryl methyl sites for hydroxylation is 1. The molecule has 0 spiro atoms. The molecule has 0 saturated carbocycles. The fourth-order valence-corrected chi connectivity index (χ4v) is 4.73. The molecule has 1 aromatic heterocycles. The number of hydrogen-bond donors (Lipinski definition) is 1. The predicted molar refractivity (Wildman–Crippen MR) is 103 cm³/mol. The number of aromatic nitrogens is 2. The van der Waals surface area contributed by atoms with Crippen molar-refractivity contribution in [2.45, 2.75) is 17.7 Å². The van der Waals surface area contributed by atoms with Crippen molar-refractivity contribution in [3.8, 4) is 0 Å². The number of likely N-dealkylation sites (tertiary alicyclic amines) is 1. The standard InChI is InChI=1S/C19H26N4O3S/c1-22-15-20-13-18(22)19(24)21-12-16-6-5-9-23(14-16)10-11-27(25,26)17-7-3-2-4-8-17/h2-4,7-8,13,15-16H,5-6,9-12,14H2,1H3,(H,21,24). The van der Waals surface area contributed by atoms with Crippen molar-refractivity contribution in [2.75, 3.05) is 31.9 Å². The van der Waals surface area contributed by atoms with Crippen LogP contribution in [-0.2, 0) is 16.9 Å². The molecule has 1 aliphatic heterocycles. The quantitative estimate of drug-likeness (QED) is 0.771. The predicted octanol–water partition coefficient (Wildman–Crippen LogP) is 1.34. The maximum Gasteiger partial charge on any atom is 0.269 e. The van der Waals surface area contributed by atoms with Gasteiger partial charge in [-0.1, -0.05) is 18.2 Å². The summed E-state index contributed by atoms with van der Waals surface area (Å²) in [7, 11) is -1.47. The summed E-state index contributed by atoms with van der Waals surface area (Å²) in [6.07, 6.45) is 5.20. The Labute approximate surface area is 160 Å². The van der Waals surface area contributed by atoms with Crippen LogP contribution in [-0.4, -0.2) is 60.7 Å². The molecule has 1 aromatic carbocycles. The van der Waals surface area contributed by atoms with E-state index in [9.17, 15) is 13.2 Å². The van der Waals surface area contributed by atoms with E-state index in [0.717, 1.165) is 25.9 Å². The molecular weight excluding hydrogens is 364 g/mol. The van der Waals surface area contributed by atoms with Gasteiger partial charge in [-0.25, -0.2) is 13.4 Å². The van der Waals surface area contributed by atoms with E-state index in [1.165, 1.54) is 0 Å². The SMILES string of the molecule is Cn1cncc1C(=O)NCC1CCCN(CCS(=O)(=O)c2ccccc2)C1. The van der Waals surface area contributed by atoms with E-state index in [1.54, 1.807) is 48.4 Å². The first kappa shape index (κ1) is 19.6. The van der Waals surface area contributed by atoms with Gasteiger partial charge in [-0.2, -0.15) is 0 Å². The highest BCUT2D eigenvalue weighted by Gasteiger charge is 2.23. The summed E-state index contributed by atoms with van der Waals surface area (Å²) < 4.78 is 26.6. The van der Waals surface area contributed by atoms with Crippen LogP contribution < -0.4 is 5.32 Å². The lowest BCUT2D eigenvalue weighted by atomic mass is 9.98. The Bertz CT molecular complexity index is 864. The lowest BCUT2D eigenvalue weighted by Crippen LogP contribution is -2.42. The van der Waals surface area contributed by atoms with Gasteiger partial charge in [0, 0.05) is 26.7 Å². The van der Waals surface area contributed by atoms with E-state index in [2.05, 4.69) is 15.2 Å². The Balaban J connectivity index is 1.48. The lowest BCUT2D eigenvalue weighted by molar-refractivity contribution is 0.0925. The molecular formula is C19H26N4O3S. The minimum Gasteiger partial charge on any atom is -0.350 e. The van der Waals surface area contributed by atoms with Crippen molar-refractivity contribution < 1.29 is 13.2 Å². The van der Waals surface area contributed by atoms with Gasteiger partial charge in [0.15, 0.2) is 9.84 Å². The number of benzene rings is 1. The molecule has 0 radical (unpaired) electrons. The minimum absolute atomic E-state index is 0.116. The fraction of sp³-hybridized carbons (Fsp3) is 0.474. The normalized spacial score (nSPS) is 18.3. The van der Waals surface area contributed by atoms with Crippen molar-refractivity contribution in [1.29, 1.82) is 0 Å². The number of carbonyl (C=O) groups is 1. The number of sulfone groups is 1. The Morgan fingerprint density at radius 1 is 1.30 bits per heavy atom. The zero-order valence-electron chi connectivity index (χ0n) is 15.5. The van der Waals surface area contributed by atoms with E-state index in [-0.39, 0.29) is 11.7 Å². The average Bonchev–Trinajstić information content (AvgIpc) is 3.12. The molecule has 1 atom stereocenters. The van der Waals surface area contributed by atoms with E-state index >= 15 is 0 Å². The summed E-state index contributed by atoms with van der Waals surface area (Å²) in [6, 6.07) is 8.59. The molecule has 7 nitrogen and oxygen atoms in total. The largest absolute Gasteiger partial charge is 0.350 e. The number of nitrogens with one attached hydrogen (secondary N) is 1. The van der Waals surface area contributed by atoms with Crippen molar-refractivity contribution in [3.63, 3.8) is 0 Å². The van der Waals surface area contributed by atoms with E-state index < -0.39 is 9.84 Å². The number of nitrogens with zero attached hydrogens (tertiary/aromatic N) is 3. The Kier molecular flexibility index (Phi) is 6.28. The van der Waals surface area contributed by atoms with Crippen LogP contribution in [0.1, 0.15) is 23.3 Å². The molecule has 0 bridgehead atoms. The van der Waals surface area contributed by atoms with Crippen LogP contribution in [0.3, 0.4) is 0 Å². The van der Waals surface area contributed by atoms with Crippen LogP contribution >= 0.6 is 0 Å². The Morgan fingerprint density at radius 3 is 2.78 bits per heavy atom. The minimum atomic E-state index is -3.26. The van der Waals surface area contributed by atoms with Gasteiger partial charge in [0.05, 0.1) is 23.2 Å². The third kappa shape index (κ3) is 5.17. The Morgan fingerprint density at radius 2 is 2.07 bits per heavy atom. The molecule has 146 valence electrons. The molecule has 27 heavy (non-hydrogen) atoms. The van der Waals surface area contributed by atoms with Gasteiger partial charge in [0.2, 0.25) is 0 Å². The van der Waals surface area contributed by atoms with Crippen LogP contribution in [0.15, 0.2) is 47.8 Å². The lowest BCUT2D eigenvalue weighted by Gasteiger charge is -2.32. The summed E-state index contributed by atoms with van der Waals surface area (Å²) >= 11 is 0. The summed E-state index contributed by atoms with van der Waals surface area (Å²) in [5.41, 5.74) is 0.539. The number of rotatable bonds is 7. The molecule has 1 fully saturated rings. The van der Waals surface area contributed by atoms with Gasteiger partial charge >= 0.3 is 0 Å². The second-order valence-electron chi connectivity index (χ2n) is 7.04. The van der Waals surface area contributed by atoms with Gasteiger partial charge in [0.1, 0.15) is 5.69 Å². The summed E-state index contributed by atoms with van der Waals surface area (Å²) in [5.74, 6) is 0.319. The molecule has 3 rings (SSSR count). The maximum atomic E-state index is 12.4. The van der Waals surface area contributed by atoms with Crippen LogP contribution in [0.2, 0.25) is 0 Å². The molecule has 8 heteroatoms. The van der Waals surface area contributed by atoms with Crippen molar-refractivity contribution in [2.24, 2.45) is 13.0 Å². The highest BCUT2D eigenvalue weighted by atomic mass is 32.2. The van der Waals surface area contributed by atoms with E-state index in [4.69, 9.17) is 0 Å². The zero-order valence-corrected chi connectivity index (χ0v) is 16.4. The topological polar surface area (TPSA) is 84.3 Å². The molecule has 1 N–H and O–H groups in total. The average molecular weight is 391 g/mol. The fourth-order valence-electron chi connectivity index (χ4n) is 3.42. The van der Waals surface area contributed by atoms with E-state index in [0.29, 0.717) is 29.6 Å². The number of carbonyl (C=O) groups excluding carboxylic acids is 1. The van der Waals surface area contributed by atoms with Gasteiger partial charge < -0.3 is 14.8 Å². The third-order valence-corrected chi connectivity index (χ3v) is 6.69. The maximum absolute atomic E-state index is 12.4. The second kappa shape index (κ2) is 8.67. The van der Waals surface area contributed by atoms with Crippen LogP contribution in [0.4, 0.5) is 0 Å². The van der Waals surface area contributed by atoms with Gasteiger partial charge in [0.25, 0.3) is 5.91 Å². The van der Waals surface area contributed by atoms with Crippen LogP contribution in [0, 0.1) is 5.92 Å². The van der Waals surface area contributed by atoms with Crippen LogP contribution in [0.5, 0.6) is 0 Å². The highest BCUT2D eigenvalue weighted by molar-refractivity contribution is 7.91. The molecule has 1 saturated heterocycles. The number of piperidine rings is 1. The van der Waals surface area contributed by atoms with Gasteiger partial charge in [-0.15, -0.1) is 0 Å². The first-order valence-corrected chi connectivity index (χ1v) is 10.9. The van der Waals surface area contributed by atoms with Crippen molar-refractivity contribution >= 4 is 15.7 Å².